The normalized spacial score (nSPS) is 12.5. The second kappa shape index (κ2) is 5.87. The van der Waals surface area contributed by atoms with E-state index in [0.29, 0.717) is 0 Å². The molecule has 0 aliphatic rings. The standard InChI is InChI=1S/C22H26Si2/c1-7-23(3,4)21-11-9-17-13-18-10-12-22(24(5,6)8-2)16-20(18)14-19(17)15-21/h7-16H,1-2H2,3-6H3. The van der Waals surface area contributed by atoms with Crippen molar-refractivity contribution in [3.05, 3.63) is 73.1 Å². The fourth-order valence-corrected chi connectivity index (χ4v) is 5.59. The van der Waals surface area contributed by atoms with Crippen LogP contribution in [0.4, 0.5) is 0 Å². The molecule has 24 heavy (non-hydrogen) atoms. The van der Waals surface area contributed by atoms with E-state index in [9.17, 15) is 0 Å². The minimum atomic E-state index is -1.53. The summed E-state index contributed by atoms with van der Waals surface area (Å²) in [7, 11) is -3.05. The van der Waals surface area contributed by atoms with E-state index in [1.807, 2.05) is 0 Å². The number of hydrogen-bond acceptors (Lipinski definition) is 0. The molecule has 0 radical (unpaired) electrons. The van der Waals surface area contributed by atoms with E-state index in [0.717, 1.165) is 0 Å². The summed E-state index contributed by atoms with van der Waals surface area (Å²) >= 11 is 0. The van der Waals surface area contributed by atoms with E-state index in [2.05, 4.69) is 99.3 Å². The Labute approximate surface area is 147 Å². The lowest BCUT2D eigenvalue weighted by molar-refractivity contribution is 1.74. The van der Waals surface area contributed by atoms with Gasteiger partial charge in [0, 0.05) is 0 Å². The zero-order valence-corrected chi connectivity index (χ0v) is 17.2. The molecule has 0 aromatic heterocycles. The second-order valence-electron chi connectivity index (χ2n) is 7.83. The van der Waals surface area contributed by atoms with Crippen molar-refractivity contribution in [2.45, 2.75) is 26.2 Å². The van der Waals surface area contributed by atoms with Gasteiger partial charge in [-0.15, -0.1) is 13.2 Å². The fourth-order valence-electron chi connectivity index (χ4n) is 3.03. The van der Waals surface area contributed by atoms with Crippen molar-refractivity contribution in [2.24, 2.45) is 0 Å². The van der Waals surface area contributed by atoms with Crippen LogP contribution >= 0.6 is 0 Å². The highest BCUT2D eigenvalue weighted by Crippen LogP contribution is 2.23. The summed E-state index contributed by atoms with van der Waals surface area (Å²) in [5.41, 5.74) is 4.32. The number of fused-ring (bicyclic) bond motifs is 2. The molecule has 0 aliphatic heterocycles. The molecule has 0 fully saturated rings. The number of benzene rings is 3. The third-order valence-corrected chi connectivity index (χ3v) is 10.9. The third-order valence-electron chi connectivity index (χ3n) is 5.30. The van der Waals surface area contributed by atoms with Gasteiger partial charge in [0.25, 0.3) is 0 Å². The highest BCUT2D eigenvalue weighted by Gasteiger charge is 2.20. The summed E-state index contributed by atoms with van der Waals surface area (Å²) in [6.45, 7) is 17.5. The van der Waals surface area contributed by atoms with Gasteiger partial charge in [0.05, 0.1) is 0 Å². The van der Waals surface area contributed by atoms with E-state index < -0.39 is 16.1 Å². The Morgan fingerprint density at radius 1 is 0.583 bits per heavy atom. The van der Waals surface area contributed by atoms with Crippen molar-refractivity contribution in [3.63, 3.8) is 0 Å². The van der Waals surface area contributed by atoms with Crippen molar-refractivity contribution < 1.29 is 0 Å². The van der Waals surface area contributed by atoms with Crippen LogP contribution in [0.25, 0.3) is 21.5 Å². The van der Waals surface area contributed by atoms with E-state index >= 15 is 0 Å². The molecular weight excluding hydrogens is 320 g/mol. The van der Waals surface area contributed by atoms with Crippen molar-refractivity contribution in [2.75, 3.05) is 0 Å². The van der Waals surface area contributed by atoms with Gasteiger partial charge in [-0.1, -0.05) is 84.4 Å². The molecule has 0 bridgehead atoms. The molecule has 122 valence electrons. The van der Waals surface area contributed by atoms with Gasteiger partial charge in [-0.25, -0.2) is 0 Å². The van der Waals surface area contributed by atoms with E-state index in [-0.39, 0.29) is 0 Å². The Kier molecular flexibility index (Phi) is 4.14. The van der Waals surface area contributed by atoms with E-state index in [1.165, 1.54) is 31.9 Å². The molecule has 2 heteroatoms. The van der Waals surface area contributed by atoms with E-state index in [4.69, 9.17) is 0 Å². The smallest absolute Gasteiger partial charge is 0.103 e. The summed E-state index contributed by atoms with van der Waals surface area (Å²) in [6.07, 6.45) is 0. The van der Waals surface area contributed by atoms with Crippen LogP contribution in [0.5, 0.6) is 0 Å². The summed E-state index contributed by atoms with van der Waals surface area (Å²) in [4.78, 5) is 0. The molecule has 0 atom stereocenters. The second-order valence-corrected chi connectivity index (χ2v) is 16.7. The summed E-state index contributed by atoms with van der Waals surface area (Å²) in [5.74, 6) is 0. The topological polar surface area (TPSA) is 0 Å². The van der Waals surface area contributed by atoms with Gasteiger partial charge >= 0.3 is 0 Å². The molecule has 0 aliphatic carbocycles. The molecule has 3 rings (SSSR count). The molecule has 0 unspecified atom stereocenters. The average Bonchev–Trinajstić information content (AvgIpc) is 2.58. The maximum atomic E-state index is 4.04. The minimum Gasteiger partial charge on any atom is -0.107 e. The van der Waals surface area contributed by atoms with Gasteiger partial charge in [-0.3, -0.25) is 0 Å². The number of rotatable bonds is 4. The third kappa shape index (κ3) is 2.92. The Morgan fingerprint density at radius 3 is 1.33 bits per heavy atom. The van der Waals surface area contributed by atoms with Crippen LogP contribution in [-0.2, 0) is 0 Å². The highest BCUT2D eigenvalue weighted by molar-refractivity contribution is 6.94. The molecule has 3 aromatic rings. The SMILES string of the molecule is C=C[Si](C)(C)c1ccc2cc3ccc([Si](C)(C)C=C)cc3cc2c1. The van der Waals surface area contributed by atoms with Crippen molar-refractivity contribution >= 4 is 48.1 Å². The summed E-state index contributed by atoms with van der Waals surface area (Å²) in [5, 5.41) is 8.18. The minimum absolute atomic E-state index is 1.31. The Hall–Kier alpha value is -1.91. The fraction of sp³-hybridized carbons (Fsp3) is 0.182. The first kappa shape index (κ1) is 16.9. The predicted molar refractivity (Wildman–Crippen MR) is 116 cm³/mol. The Bertz CT molecular complexity index is 874. The predicted octanol–water partition coefficient (Wildman–Crippen LogP) is 5.27. The molecule has 0 spiro atoms. The molecule has 0 amide bonds. The van der Waals surface area contributed by atoms with Crippen molar-refractivity contribution in [1.29, 1.82) is 0 Å². The zero-order chi connectivity index (χ0) is 17.5. The molecule has 0 nitrogen and oxygen atoms in total. The monoisotopic (exact) mass is 346 g/mol. The van der Waals surface area contributed by atoms with Crippen LogP contribution in [0.2, 0.25) is 26.2 Å². The molecule has 0 heterocycles. The van der Waals surface area contributed by atoms with Crippen LogP contribution in [-0.4, -0.2) is 16.1 Å². The van der Waals surface area contributed by atoms with Gasteiger partial charge in [-0.2, -0.15) is 0 Å². The molecule has 0 saturated heterocycles. The van der Waals surface area contributed by atoms with Gasteiger partial charge in [0.1, 0.15) is 16.1 Å². The number of hydrogen-bond donors (Lipinski definition) is 0. The maximum Gasteiger partial charge on any atom is 0.103 e. The quantitative estimate of drug-likeness (QED) is 0.446. The highest BCUT2D eigenvalue weighted by atomic mass is 28.3. The van der Waals surface area contributed by atoms with Crippen LogP contribution < -0.4 is 10.4 Å². The average molecular weight is 347 g/mol. The van der Waals surface area contributed by atoms with E-state index in [1.54, 1.807) is 0 Å². The molecule has 3 aromatic carbocycles. The maximum absolute atomic E-state index is 4.04. The van der Waals surface area contributed by atoms with Crippen molar-refractivity contribution in [1.82, 2.24) is 0 Å². The molecular formula is C22H26Si2. The largest absolute Gasteiger partial charge is 0.107 e. The zero-order valence-electron chi connectivity index (χ0n) is 15.2. The van der Waals surface area contributed by atoms with Crippen LogP contribution in [0.3, 0.4) is 0 Å². The lowest BCUT2D eigenvalue weighted by Crippen LogP contribution is -2.39. The Balaban J connectivity index is 2.22. The van der Waals surface area contributed by atoms with Crippen molar-refractivity contribution in [3.8, 4) is 0 Å². The summed E-state index contributed by atoms with van der Waals surface area (Å²) in [6, 6.07) is 18.5. The lowest BCUT2D eigenvalue weighted by atomic mass is 10.0. The first-order valence-electron chi connectivity index (χ1n) is 8.52. The van der Waals surface area contributed by atoms with Gasteiger partial charge in [0.15, 0.2) is 0 Å². The first-order chi connectivity index (χ1) is 11.3. The summed E-state index contributed by atoms with van der Waals surface area (Å²) < 4.78 is 0. The first-order valence-corrected chi connectivity index (χ1v) is 14.7. The molecule has 0 saturated carbocycles. The lowest BCUT2D eigenvalue weighted by Gasteiger charge is -2.20. The van der Waals surface area contributed by atoms with Gasteiger partial charge in [-0.05, 0) is 33.7 Å². The van der Waals surface area contributed by atoms with Crippen LogP contribution in [0.1, 0.15) is 0 Å². The Morgan fingerprint density at radius 2 is 0.958 bits per heavy atom. The van der Waals surface area contributed by atoms with Crippen LogP contribution in [0, 0.1) is 0 Å². The van der Waals surface area contributed by atoms with Crippen LogP contribution in [0.15, 0.2) is 73.1 Å². The van der Waals surface area contributed by atoms with Gasteiger partial charge in [0.2, 0.25) is 0 Å². The van der Waals surface area contributed by atoms with Gasteiger partial charge < -0.3 is 0 Å². The molecule has 0 N–H and O–H groups in total.